The molecule has 1 rings (SSSR count). The van der Waals surface area contributed by atoms with Gasteiger partial charge in [-0.3, -0.25) is 0 Å². The number of hydrogen-bond acceptors (Lipinski definition) is 3. The number of esters is 1. The molecule has 20 heavy (non-hydrogen) atoms. The molecule has 1 aromatic rings. The number of carbonyl (C=O) groups is 1. The molecule has 112 valence electrons. The summed E-state index contributed by atoms with van der Waals surface area (Å²) in [7, 11) is 0. The molecule has 1 N–H and O–H groups in total. The van der Waals surface area contributed by atoms with Crippen molar-refractivity contribution >= 4 is 11.7 Å². The molecule has 0 aliphatic heterocycles. The zero-order chi connectivity index (χ0) is 15.2. The first-order chi connectivity index (χ1) is 9.37. The van der Waals surface area contributed by atoms with Crippen molar-refractivity contribution < 1.29 is 9.53 Å². The molecule has 0 aromatic heterocycles. The summed E-state index contributed by atoms with van der Waals surface area (Å²) in [6.07, 6.45) is 1.74. The minimum Gasteiger partial charge on any atom is -0.464 e. The van der Waals surface area contributed by atoms with Gasteiger partial charge in [-0.25, -0.2) is 4.79 Å². The fraction of sp³-hybridized carbons (Fsp3) is 0.588. The highest BCUT2D eigenvalue weighted by Crippen LogP contribution is 2.24. The number of rotatable bonds is 7. The van der Waals surface area contributed by atoms with Crippen LogP contribution in [0.25, 0.3) is 0 Å². The largest absolute Gasteiger partial charge is 0.464 e. The van der Waals surface area contributed by atoms with E-state index in [4.69, 9.17) is 4.74 Å². The molecule has 0 aliphatic carbocycles. The molecule has 3 heteroatoms. The van der Waals surface area contributed by atoms with E-state index in [9.17, 15) is 4.79 Å². The van der Waals surface area contributed by atoms with E-state index in [1.54, 1.807) is 0 Å². The van der Waals surface area contributed by atoms with Crippen LogP contribution in [0.5, 0.6) is 0 Å². The third-order valence-electron chi connectivity index (χ3n) is 3.42. The van der Waals surface area contributed by atoms with Crippen molar-refractivity contribution in [2.24, 2.45) is 5.92 Å². The van der Waals surface area contributed by atoms with Crippen molar-refractivity contribution in [1.82, 2.24) is 0 Å². The number of nitrogens with one attached hydrogen (secondary N) is 1. The van der Waals surface area contributed by atoms with Crippen LogP contribution < -0.4 is 5.32 Å². The van der Waals surface area contributed by atoms with Gasteiger partial charge in [0.15, 0.2) is 0 Å². The predicted octanol–water partition coefficient (Wildman–Crippen LogP) is 4.16. The number of anilines is 1. The van der Waals surface area contributed by atoms with Gasteiger partial charge in [-0.15, -0.1) is 0 Å². The second-order valence-corrected chi connectivity index (χ2v) is 5.98. The van der Waals surface area contributed by atoms with Crippen molar-refractivity contribution in [1.29, 1.82) is 0 Å². The molecule has 0 amide bonds. The molecule has 0 saturated heterocycles. The maximum atomic E-state index is 12.3. The summed E-state index contributed by atoms with van der Waals surface area (Å²) in [6, 6.07) is 8.08. The molecule has 0 fully saturated rings. The van der Waals surface area contributed by atoms with Gasteiger partial charge >= 0.3 is 5.97 Å². The van der Waals surface area contributed by atoms with E-state index in [2.05, 4.69) is 19.2 Å². The van der Waals surface area contributed by atoms with Crippen molar-refractivity contribution in [3.63, 3.8) is 0 Å². The molecule has 0 spiro atoms. The fourth-order valence-corrected chi connectivity index (χ4v) is 2.04. The summed E-state index contributed by atoms with van der Waals surface area (Å²) in [4.78, 5) is 12.3. The Bertz CT molecular complexity index is 425. The van der Waals surface area contributed by atoms with E-state index in [-0.39, 0.29) is 5.97 Å². The molecule has 1 atom stereocenters. The van der Waals surface area contributed by atoms with Crippen molar-refractivity contribution in [2.45, 2.75) is 53.0 Å². The van der Waals surface area contributed by atoms with Gasteiger partial charge in [0, 0.05) is 5.69 Å². The Morgan fingerprint density at radius 2 is 1.90 bits per heavy atom. The highest BCUT2D eigenvalue weighted by Gasteiger charge is 2.34. The second-order valence-electron chi connectivity index (χ2n) is 5.98. The molecule has 3 nitrogen and oxygen atoms in total. The second kappa shape index (κ2) is 7.32. The first kappa shape index (κ1) is 16.5. The quantitative estimate of drug-likeness (QED) is 0.760. The highest BCUT2D eigenvalue weighted by molar-refractivity contribution is 5.84. The molecular weight excluding hydrogens is 250 g/mol. The van der Waals surface area contributed by atoms with Gasteiger partial charge in [0.05, 0.1) is 6.61 Å². The zero-order valence-corrected chi connectivity index (χ0v) is 13.3. The van der Waals surface area contributed by atoms with Gasteiger partial charge in [-0.05, 0) is 51.7 Å². The maximum Gasteiger partial charge on any atom is 0.331 e. The van der Waals surface area contributed by atoms with E-state index in [0.717, 1.165) is 18.5 Å². The van der Waals surface area contributed by atoms with E-state index in [1.165, 1.54) is 5.56 Å². The lowest BCUT2D eigenvalue weighted by Crippen LogP contribution is -2.45. The van der Waals surface area contributed by atoms with Gasteiger partial charge < -0.3 is 10.1 Å². The highest BCUT2D eigenvalue weighted by atomic mass is 16.5. The van der Waals surface area contributed by atoms with Crippen molar-refractivity contribution in [3.05, 3.63) is 29.8 Å². The molecule has 1 unspecified atom stereocenters. The van der Waals surface area contributed by atoms with Gasteiger partial charge in [0.1, 0.15) is 5.54 Å². The van der Waals surface area contributed by atoms with Gasteiger partial charge in [0.25, 0.3) is 0 Å². The van der Waals surface area contributed by atoms with E-state index >= 15 is 0 Å². The lowest BCUT2D eigenvalue weighted by atomic mass is 9.91. The summed E-state index contributed by atoms with van der Waals surface area (Å²) in [5.74, 6) is 0.379. The van der Waals surface area contributed by atoms with Crippen LogP contribution in [0.1, 0.15) is 46.1 Å². The smallest absolute Gasteiger partial charge is 0.331 e. The zero-order valence-electron chi connectivity index (χ0n) is 13.3. The Morgan fingerprint density at radius 3 is 2.40 bits per heavy atom. The van der Waals surface area contributed by atoms with Crippen LogP contribution in [-0.2, 0) is 9.53 Å². The first-order valence-corrected chi connectivity index (χ1v) is 7.39. The third kappa shape index (κ3) is 4.87. The number of carbonyl (C=O) groups excluding carboxylic acids is 1. The summed E-state index contributed by atoms with van der Waals surface area (Å²) >= 11 is 0. The Labute approximate surface area is 122 Å². The first-order valence-electron chi connectivity index (χ1n) is 7.39. The van der Waals surface area contributed by atoms with E-state index < -0.39 is 5.54 Å². The lowest BCUT2D eigenvalue weighted by Gasteiger charge is -2.30. The molecule has 0 aliphatic rings. The third-order valence-corrected chi connectivity index (χ3v) is 3.42. The summed E-state index contributed by atoms with van der Waals surface area (Å²) in [6.45, 7) is 10.5. The average molecular weight is 277 g/mol. The van der Waals surface area contributed by atoms with E-state index in [1.807, 2.05) is 45.0 Å². The van der Waals surface area contributed by atoms with Crippen LogP contribution in [0.2, 0.25) is 0 Å². The lowest BCUT2D eigenvalue weighted by molar-refractivity contribution is -0.148. The topological polar surface area (TPSA) is 38.3 Å². The van der Waals surface area contributed by atoms with E-state index in [0.29, 0.717) is 12.5 Å². The van der Waals surface area contributed by atoms with Crippen LogP contribution in [0, 0.1) is 12.8 Å². The Morgan fingerprint density at radius 1 is 1.30 bits per heavy atom. The molecule has 0 bridgehead atoms. The predicted molar refractivity (Wildman–Crippen MR) is 83.9 cm³/mol. The Balaban J connectivity index is 2.85. The Kier molecular flexibility index (Phi) is 6.05. The number of ether oxygens (including phenoxy) is 1. The normalized spacial score (nSPS) is 13.9. The molecule has 0 saturated carbocycles. The molecule has 1 aromatic carbocycles. The average Bonchev–Trinajstić information content (AvgIpc) is 2.39. The van der Waals surface area contributed by atoms with Crippen LogP contribution in [0.4, 0.5) is 5.69 Å². The molecule has 0 radical (unpaired) electrons. The van der Waals surface area contributed by atoms with Gasteiger partial charge in [-0.1, -0.05) is 31.5 Å². The molecular formula is C17H27NO2. The van der Waals surface area contributed by atoms with Crippen molar-refractivity contribution in [2.75, 3.05) is 11.9 Å². The summed E-state index contributed by atoms with van der Waals surface area (Å²) < 4.78 is 5.23. The van der Waals surface area contributed by atoms with Gasteiger partial charge in [0.2, 0.25) is 0 Å². The number of hydrogen-bond donors (Lipinski definition) is 1. The maximum absolute atomic E-state index is 12.3. The molecule has 0 heterocycles. The summed E-state index contributed by atoms with van der Waals surface area (Å²) in [5, 5.41) is 3.35. The number of benzene rings is 1. The van der Waals surface area contributed by atoms with Crippen molar-refractivity contribution in [3.8, 4) is 0 Å². The minimum atomic E-state index is -0.671. The number of aryl methyl sites for hydroxylation is 1. The minimum absolute atomic E-state index is 0.179. The fourth-order valence-electron chi connectivity index (χ4n) is 2.04. The van der Waals surface area contributed by atoms with Gasteiger partial charge in [-0.2, -0.15) is 0 Å². The van der Waals surface area contributed by atoms with Crippen LogP contribution in [0.15, 0.2) is 24.3 Å². The van der Waals surface area contributed by atoms with Crippen LogP contribution in [0.3, 0.4) is 0 Å². The van der Waals surface area contributed by atoms with Crippen LogP contribution in [-0.4, -0.2) is 18.1 Å². The van der Waals surface area contributed by atoms with Crippen LogP contribution >= 0.6 is 0 Å². The Hall–Kier alpha value is -1.51. The SMILES string of the molecule is CCOC(=O)C(C)(CCC(C)C)Nc1ccc(C)cc1. The standard InChI is InChI=1S/C17H27NO2/c1-6-20-16(19)17(5,12-11-13(2)3)18-15-9-7-14(4)8-10-15/h7-10,13,18H,6,11-12H2,1-5H3. The monoisotopic (exact) mass is 277 g/mol. The summed E-state index contributed by atoms with van der Waals surface area (Å²) in [5.41, 5.74) is 1.49.